The van der Waals surface area contributed by atoms with E-state index in [0.717, 1.165) is 23.9 Å². The molecule has 0 unspecified atom stereocenters. The van der Waals surface area contributed by atoms with Crippen LogP contribution < -0.4 is 0 Å². The van der Waals surface area contributed by atoms with Crippen molar-refractivity contribution in [2.24, 2.45) is 0 Å². The lowest BCUT2D eigenvalue weighted by atomic mass is 10.00. The molecule has 0 amide bonds. The first-order valence-corrected chi connectivity index (χ1v) is 9.73. The number of hydrogen-bond donors (Lipinski definition) is 1. The Morgan fingerprint density at radius 1 is 0.935 bits per heavy atom. The second-order valence-corrected chi connectivity index (χ2v) is 7.41. The number of carboxylic acids is 1. The molecule has 0 aliphatic heterocycles. The second-order valence-electron chi connectivity index (χ2n) is 6.55. The summed E-state index contributed by atoms with van der Waals surface area (Å²) in [6.07, 6.45) is -3.37. The van der Waals surface area contributed by atoms with Gasteiger partial charge < -0.3 is 5.11 Å². The maximum absolute atomic E-state index is 13.7. The van der Waals surface area contributed by atoms with E-state index < -0.39 is 29.2 Å². The zero-order valence-electron chi connectivity index (χ0n) is 15.5. The van der Waals surface area contributed by atoms with Gasteiger partial charge >= 0.3 is 12.1 Å². The van der Waals surface area contributed by atoms with Crippen LogP contribution in [0.4, 0.5) is 17.6 Å². The van der Waals surface area contributed by atoms with Crippen molar-refractivity contribution in [2.45, 2.75) is 6.18 Å². The summed E-state index contributed by atoms with van der Waals surface area (Å²) < 4.78 is 51.7. The number of alkyl halides is 3. The number of carbonyl (C=O) groups is 1. The third-order valence-corrected chi connectivity index (χ3v) is 5.38. The van der Waals surface area contributed by atoms with Crippen molar-refractivity contribution in [1.82, 2.24) is 9.97 Å². The topological polar surface area (TPSA) is 63.1 Å². The number of halogens is 4. The summed E-state index contributed by atoms with van der Waals surface area (Å²) in [7, 11) is 0. The van der Waals surface area contributed by atoms with Crippen molar-refractivity contribution in [3.8, 4) is 33.0 Å². The number of benzene rings is 2. The Labute approximate surface area is 177 Å². The van der Waals surface area contributed by atoms with Crippen LogP contribution in [0.3, 0.4) is 0 Å². The molecule has 0 saturated heterocycles. The van der Waals surface area contributed by atoms with Crippen LogP contribution in [0.1, 0.15) is 16.1 Å². The molecule has 31 heavy (non-hydrogen) atoms. The Balaban J connectivity index is 1.65. The molecular weight excluding hydrogens is 432 g/mol. The van der Waals surface area contributed by atoms with Crippen molar-refractivity contribution in [1.29, 1.82) is 0 Å². The van der Waals surface area contributed by atoms with Crippen molar-refractivity contribution in [2.75, 3.05) is 0 Å². The fraction of sp³-hybridized carbons (Fsp3) is 0.0455. The Morgan fingerprint density at radius 3 is 2.32 bits per heavy atom. The van der Waals surface area contributed by atoms with Gasteiger partial charge in [0.1, 0.15) is 16.5 Å². The third kappa shape index (κ3) is 4.31. The summed E-state index contributed by atoms with van der Waals surface area (Å²) in [4.78, 5) is 19.1. The molecule has 9 heteroatoms. The molecule has 0 aliphatic carbocycles. The van der Waals surface area contributed by atoms with Gasteiger partial charge in [0, 0.05) is 22.7 Å². The molecule has 0 radical (unpaired) electrons. The summed E-state index contributed by atoms with van der Waals surface area (Å²) in [5.74, 6) is -2.17. The average molecular weight is 444 g/mol. The highest BCUT2D eigenvalue weighted by atomic mass is 32.1. The lowest BCUT2D eigenvalue weighted by molar-refractivity contribution is -0.141. The standard InChI is InChI=1S/C22H12F4N2O2S/c23-17-6-4-13(9-16(17)21(29)30)12-2-1-3-14(8-12)18-11-31-20(28-18)15-5-7-19(27-10-15)22(24,25)26/h1-11H,(H,29,30). The third-order valence-electron chi connectivity index (χ3n) is 4.49. The number of aromatic carboxylic acids is 1. The van der Waals surface area contributed by atoms with Gasteiger partial charge in [-0.2, -0.15) is 13.2 Å². The average Bonchev–Trinajstić information content (AvgIpc) is 3.24. The Hall–Kier alpha value is -3.59. The highest BCUT2D eigenvalue weighted by molar-refractivity contribution is 7.13. The molecule has 0 bridgehead atoms. The van der Waals surface area contributed by atoms with Crippen molar-refractivity contribution in [3.63, 3.8) is 0 Å². The van der Waals surface area contributed by atoms with Crippen LogP contribution in [-0.2, 0) is 6.18 Å². The van der Waals surface area contributed by atoms with Gasteiger partial charge in [-0.15, -0.1) is 11.3 Å². The van der Waals surface area contributed by atoms with Crippen LogP contribution >= 0.6 is 11.3 Å². The van der Waals surface area contributed by atoms with Gasteiger partial charge in [-0.05, 0) is 41.5 Å². The van der Waals surface area contributed by atoms with E-state index in [9.17, 15) is 22.4 Å². The summed E-state index contributed by atoms with van der Waals surface area (Å²) in [5, 5.41) is 11.4. The predicted molar refractivity (Wildman–Crippen MR) is 108 cm³/mol. The second kappa shape index (κ2) is 7.92. The Bertz CT molecular complexity index is 1270. The van der Waals surface area contributed by atoms with Crippen molar-refractivity contribution >= 4 is 17.3 Å². The van der Waals surface area contributed by atoms with Gasteiger partial charge in [0.25, 0.3) is 0 Å². The van der Waals surface area contributed by atoms with Gasteiger partial charge in [-0.25, -0.2) is 14.2 Å². The highest BCUT2D eigenvalue weighted by Crippen LogP contribution is 2.33. The smallest absolute Gasteiger partial charge is 0.433 e. The number of aromatic nitrogens is 2. The quantitative estimate of drug-likeness (QED) is 0.370. The Morgan fingerprint density at radius 2 is 1.65 bits per heavy atom. The van der Waals surface area contributed by atoms with Gasteiger partial charge in [0.05, 0.1) is 11.3 Å². The summed E-state index contributed by atoms with van der Waals surface area (Å²) in [6, 6.07) is 13.2. The van der Waals surface area contributed by atoms with Crippen LogP contribution in [0.25, 0.3) is 33.0 Å². The Kier molecular flexibility index (Phi) is 5.28. The fourth-order valence-electron chi connectivity index (χ4n) is 2.95. The first-order chi connectivity index (χ1) is 14.7. The molecule has 4 nitrogen and oxygen atoms in total. The van der Waals surface area contributed by atoms with E-state index in [0.29, 0.717) is 27.4 Å². The zero-order valence-corrected chi connectivity index (χ0v) is 16.3. The monoisotopic (exact) mass is 444 g/mol. The summed E-state index contributed by atoms with van der Waals surface area (Å²) in [6.45, 7) is 0. The minimum atomic E-state index is -4.51. The number of pyridine rings is 1. The molecular formula is C22H12F4N2O2S. The molecule has 2 aromatic heterocycles. The zero-order chi connectivity index (χ0) is 22.2. The van der Waals surface area contributed by atoms with Gasteiger partial charge in [-0.3, -0.25) is 4.98 Å². The maximum Gasteiger partial charge on any atom is 0.433 e. The first-order valence-electron chi connectivity index (χ1n) is 8.85. The SMILES string of the molecule is O=C(O)c1cc(-c2cccc(-c3csc(-c4ccc(C(F)(F)F)nc4)n3)c2)ccc1F. The van der Waals surface area contributed by atoms with Crippen LogP contribution in [0.5, 0.6) is 0 Å². The molecule has 4 rings (SSSR count). The van der Waals surface area contributed by atoms with E-state index in [1.807, 2.05) is 0 Å². The number of rotatable bonds is 4. The van der Waals surface area contributed by atoms with E-state index in [1.165, 1.54) is 29.5 Å². The summed E-state index contributed by atoms with van der Waals surface area (Å²) >= 11 is 1.26. The molecule has 2 aromatic carbocycles. The molecule has 0 atom stereocenters. The van der Waals surface area contributed by atoms with Crippen molar-refractivity contribution in [3.05, 3.63) is 83.2 Å². The van der Waals surface area contributed by atoms with E-state index in [1.54, 1.807) is 29.6 Å². The molecule has 1 N–H and O–H groups in total. The summed E-state index contributed by atoms with van der Waals surface area (Å²) in [5.41, 5.74) is 1.59. The van der Waals surface area contributed by atoms with Crippen LogP contribution in [0.15, 0.2) is 66.2 Å². The molecule has 0 saturated carbocycles. The maximum atomic E-state index is 13.7. The molecule has 0 aliphatic rings. The minimum absolute atomic E-state index is 0.423. The molecule has 0 spiro atoms. The molecule has 156 valence electrons. The van der Waals surface area contributed by atoms with Gasteiger partial charge in [-0.1, -0.05) is 24.3 Å². The molecule has 4 aromatic rings. The van der Waals surface area contributed by atoms with E-state index >= 15 is 0 Å². The number of carboxylic acid groups (broad SMARTS) is 1. The first kappa shape index (κ1) is 20.7. The number of hydrogen-bond acceptors (Lipinski definition) is 4. The highest BCUT2D eigenvalue weighted by Gasteiger charge is 2.32. The normalized spacial score (nSPS) is 11.5. The van der Waals surface area contributed by atoms with Crippen molar-refractivity contribution < 1.29 is 27.5 Å². The largest absolute Gasteiger partial charge is 0.478 e. The van der Waals surface area contributed by atoms with Gasteiger partial charge in [0.15, 0.2) is 0 Å². The van der Waals surface area contributed by atoms with Crippen LogP contribution in [-0.4, -0.2) is 21.0 Å². The number of nitrogens with zero attached hydrogens (tertiary/aromatic N) is 2. The van der Waals surface area contributed by atoms with Crippen LogP contribution in [0, 0.1) is 5.82 Å². The predicted octanol–water partition coefficient (Wildman–Crippen LogP) is 6.40. The van der Waals surface area contributed by atoms with E-state index in [2.05, 4.69) is 9.97 Å². The van der Waals surface area contributed by atoms with Crippen LogP contribution in [0.2, 0.25) is 0 Å². The lowest BCUT2D eigenvalue weighted by Gasteiger charge is -2.06. The van der Waals surface area contributed by atoms with E-state index in [-0.39, 0.29) is 0 Å². The molecule has 2 heterocycles. The fourth-order valence-corrected chi connectivity index (χ4v) is 3.77. The minimum Gasteiger partial charge on any atom is -0.478 e. The van der Waals surface area contributed by atoms with E-state index in [4.69, 9.17) is 5.11 Å². The van der Waals surface area contributed by atoms with Gasteiger partial charge in [0.2, 0.25) is 0 Å². The number of thiazole rings is 1. The lowest BCUT2D eigenvalue weighted by Crippen LogP contribution is -2.07. The molecule has 0 fully saturated rings.